The van der Waals surface area contributed by atoms with Gasteiger partial charge >= 0.3 is 27.3 Å². The van der Waals surface area contributed by atoms with Gasteiger partial charge in [-0.05, 0) is 68.1 Å². The molecule has 1 N–H and O–H groups in total. The topological polar surface area (TPSA) is 89.9 Å². The summed E-state index contributed by atoms with van der Waals surface area (Å²) in [5.74, 6) is -3.47. The maximum Gasteiger partial charge on any atom is 0.431 e. The average Bonchev–Trinajstić information content (AvgIpc) is 2.68. The third-order valence-corrected chi connectivity index (χ3v) is 8.63. The first-order valence-electron chi connectivity index (χ1n) is 11.3. The molecule has 0 atom stereocenters. The van der Waals surface area contributed by atoms with Gasteiger partial charge in [-0.2, -0.15) is 26.0 Å². The molecular formula is C22H32F4O6S. The van der Waals surface area contributed by atoms with Crippen LogP contribution in [0.2, 0.25) is 0 Å². The smallest absolute Gasteiger partial charge is 0.431 e. The number of alkyl halides is 4. The molecular weight excluding hydrogens is 468 g/mol. The standard InChI is InChI=1S/C22H32F4O6S/c1-13(2)21(17-8-15-7-16(10-17)11-18(21)9-15)32-19(27)14(3)12-31-6-4-5-20(23,24)22(25,26)33(28,29)30/h13,15-18H,3-12H2,1-2H3,(H,28,29,30). The molecule has 0 unspecified atom stereocenters. The van der Waals surface area contributed by atoms with Gasteiger partial charge in [0.1, 0.15) is 5.60 Å². The van der Waals surface area contributed by atoms with Crippen LogP contribution < -0.4 is 0 Å². The molecule has 0 heterocycles. The molecule has 11 heteroatoms. The Morgan fingerprint density at radius 2 is 1.61 bits per heavy atom. The highest BCUT2D eigenvalue weighted by Crippen LogP contribution is 2.61. The second kappa shape index (κ2) is 9.11. The number of esters is 1. The summed E-state index contributed by atoms with van der Waals surface area (Å²) in [5, 5.41) is -5.60. The first-order valence-corrected chi connectivity index (χ1v) is 12.8. The lowest BCUT2D eigenvalue weighted by Crippen LogP contribution is -2.62. The van der Waals surface area contributed by atoms with E-state index in [0.29, 0.717) is 23.7 Å². The second-order valence-electron chi connectivity index (χ2n) is 10.2. The molecule has 6 nitrogen and oxygen atoms in total. The SMILES string of the molecule is C=C(COCCCC(F)(F)C(F)(F)S(=O)(=O)O)C(=O)OC1(C(C)C)C2CC3CC(C2)CC1C3. The summed E-state index contributed by atoms with van der Waals surface area (Å²) in [7, 11) is -6.26. The minimum Gasteiger partial charge on any atom is -0.455 e. The van der Waals surface area contributed by atoms with Gasteiger partial charge in [0.2, 0.25) is 0 Å². The summed E-state index contributed by atoms with van der Waals surface area (Å²) in [5.41, 5.74) is -0.560. The Morgan fingerprint density at radius 3 is 2.06 bits per heavy atom. The van der Waals surface area contributed by atoms with Crippen molar-refractivity contribution in [3.8, 4) is 0 Å². The van der Waals surface area contributed by atoms with Gasteiger partial charge in [-0.15, -0.1) is 0 Å². The molecule has 0 amide bonds. The fraction of sp³-hybridized carbons (Fsp3) is 0.864. The van der Waals surface area contributed by atoms with Crippen LogP contribution in [0.3, 0.4) is 0 Å². The molecule has 0 radical (unpaired) electrons. The monoisotopic (exact) mass is 500 g/mol. The van der Waals surface area contributed by atoms with Crippen molar-refractivity contribution in [1.29, 1.82) is 0 Å². The second-order valence-corrected chi connectivity index (χ2v) is 11.6. The number of hydrogen-bond acceptors (Lipinski definition) is 5. The van der Waals surface area contributed by atoms with Crippen LogP contribution in [0.4, 0.5) is 17.6 Å². The lowest BCUT2D eigenvalue weighted by molar-refractivity contribution is -0.222. The lowest BCUT2D eigenvalue weighted by atomic mass is 9.47. The van der Waals surface area contributed by atoms with Crippen molar-refractivity contribution in [3.05, 3.63) is 12.2 Å². The lowest BCUT2D eigenvalue weighted by Gasteiger charge is -2.61. The van der Waals surface area contributed by atoms with E-state index < -0.39 is 52.3 Å². The Kier molecular flexibility index (Phi) is 7.29. The number of rotatable bonds is 11. The van der Waals surface area contributed by atoms with Crippen molar-refractivity contribution in [1.82, 2.24) is 0 Å². The first-order chi connectivity index (χ1) is 15.1. The fourth-order valence-corrected chi connectivity index (χ4v) is 6.85. The van der Waals surface area contributed by atoms with E-state index >= 15 is 0 Å². The van der Waals surface area contributed by atoms with E-state index in [0.717, 1.165) is 25.7 Å². The summed E-state index contributed by atoms with van der Waals surface area (Å²) >= 11 is 0. The molecule has 0 saturated heterocycles. The van der Waals surface area contributed by atoms with Crippen molar-refractivity contribution in [2.75, 3.05) is 13.2 Å². The summed E-state index contributed by atoms with van der Waals surface area (Å²) in [6, 6.07) is 0. The van der Waals surface area contributed by atoms with E-state index in [2.05, 4.69) is 20.4 Å². The van der Waals surface area contributed by atoms with Crippen molar-refractivity contribution < 1.29 is 44.8 Å². The van der Waals surface area contributed by atoms with Crippen LogP contribution in [0.25, 0.3) is 0 Å². The van der Waals surface area contributed by atoms with E-state index in [1.807, 2.05) is 0 Å². The van der Waals surface area contributed by atoms with Crippen LogP contribution in [0.5, 0.6) is 0 Å². The van der Waals surface area contributed by atoms with Crippen molar-refractivity contribution in [2.45, 2.75) is 75.6 Å². The van der Waals surface area contributed by atoms with Crippen molar-refractivity contribution in [2.24, 2.45) is 29.6 Å². The van der Waals surface area contributed by atoms with Gasteiger partial charge in [0.25, 0.3) is 0 Å². The summed E-state index contributed by atoms with van der Waals surface area (Å²) in [6.45, 7) is 7.01. The van der Waals surface area contributed by atoms with Crippen LogP contribution in [0.1, 0.15) is 58.8 Å². The highest BCUT2D eigenvalue weighted by molar-refractivity contribution is 7.87. The number of halogens is 4. The number of ether oxygens (including phenoxy) is 2. The molecule has 4 fully saturated rings. The molecule has 0 aromatic carbocycles. The van der Waals surface area contributed by atoms with Gasteiger partial charge in [0.05, 0.1) is 12.2 Å². The van der Waals surface area contributed by atoms with Gasteiger partial charge in [-0.25, -0.2) is 4.79 Å². The van der Waals surface area contributed by atoms with Crippen LogP contribution >= 0.6 is 0 Å². The molecule has 4 aliphatic rings. The Labute approximate surface area is 191 Å². The largest absolute Gasteiger partial charge is 0.455 e. The highest BCUT2D eigenvalue weighted by atomic mass is 32.2. The quantitative estimate of drug-likeness (QED) is 0.143. The molecule has 0 aromatic rings. The highest BCUT2D eigenvalue weighted by Gasteiger charge is 2.65. The minimum atomic E-state index is -6.26. The Balaban J connectivity index is 1.50. The zero-order valence-corrected chi connectivity index (χ0v) is 19.7. The van der Waals surface area contributed by atoms with Crippen LogP contribution in [0.15, 0.2) is 12.2 Å². The van der Waals surface area contributed by atoms with Gasteiger partial charge in [-0.1, -0.05) is 20.4 Å². The molecule has 0 spiro atoms. The fourth-order valence-electron chi connectivity index (χ4n) is 6.37. The van der Waals surface area contributed by atoms with Crippen molar-refractivity contribution in [3.63, 3.8) is 0 Å². The molecule has 190 valence electrons. The Bertz CT molecular complexity index is 842. The predicted octanol–water partition coefficient (Wildman–Crippen LogP) is 4.85. The van der Waals surface area contributed by atoms with Crippen LogP contribution in [-0.2, 0) is 24.4 Å². The van der Waals surface area contributed by atoms with E-state index in [4.69, 9.17) is 14.0 Å². The van der Waals surface area contributed by atoms with E-state index in [-0.39, 0.29) is 18.1 Å². The van der Waals surface area contributed by atoms with Gasteiger partial charge < -0.3 is 9.47 Å². The number of carbonyl (C=O) groups is 1. The Morgan fingerprint density at radius 1 is 1.09 bits per heavy atom. The maximum absolute atomic E-state index is 13.5. The molecule has 4 bridgehead atoms. The molecule has 33 heavy (non-hydrogen) atoms. The predicted molar refractivity (Wildman–Crippen MR) is 111 cm³/mol. The zero-order chi connectivity index (χ0) is 24.8. The van der Waals surface area contributed by atoms with E-state index in [1.165, 1.54) is 6.42 Å². The molecule has 0 aliphatic heterocycles. The average molecular weight is 501 g/mol. The Hall–Kier alpha value is -1.20. The zero-order valence-electron chi connectivity index (χ0n) is 18.9. The van der Waals surface area contributed by atoms with Crippen LogP contribution in [0, 0.1) is 29.6 Å². The summed E-state index contributed by atoms with van der Waals surface area (Å²) in [4.78, 5) is 12.8. The third-order valence-electron chi connectivity index (χ3n) is 7.68. The summed E-state index contributed by atoms with van der Waals surface area (Å²) in [6.07, 6.45) is 3.29. The molecule has 4 aliphatic carbocycles. The van der Waals surface area contributed by atoms with Crippen LogP contribution in [-0.4, -0.2) is 48.9 Å². The molecule has 4 saturated carbocycles. The van der Waals surface area contributed by atoms with E-state index in [9.17, 15) is 30.8 Å². The van der Waals surface area contributed by atoms with E-state index in [1.54, 1.807) is 0 Å². The molecule has 0 aromatic heterocycles. The van der Waals surface area contributed by atoms with Gasteiger partial charge in [0.15, 0.2) is 0 Å². The number of hydrogen-bond donors (Lipinski definition) is 1. The first kappa shape index (κ1) is 26.4. The van der Waals surface area contributed by atoms with Gasteiger partial charge in [0, 0.05) is 13.0 Å². The molecule has 4 rings (SSSR count). The van der Waals surface area contributed by atoms with Crippen molar-refractivity contribution >= 4 is 16.1 Å². The summed E-state index contributed by atoms with van der Waals surface area (Å²) < 4.78 is 94.0. The van der Waals surface area contributed by atoms with Gasteiger partial charge in [-0.3, -0.25) is 4.55 Å². The third kappa shape index (κ3) is 4.82. The normalized spacial score (nSPS) is 31.8. The minimum absolute atomic E-state index is 0.00106. The number of carbonyl (C=O) groups excluding carboxylic acids is 1. The maximum atomic E-state index is 13.5.